The molecule has 0 aromatic heterocycles. The molecule has 1 saturated heterocycles. The lowest BCUT2D eigenvalue weighted by Crippen LogP contribution is -2.35. The van der Waals surface area contributed by atoms with E-state index in [1.54, 1.807) is 0 Å². The summed E-state index contributed by atoms with van der Waals surface area (Å²) in [5.74, 6) is 0.574. The minimum absolute atomic E-state index is 0.0252. The van der Waals surface area contributed by atoms with Crippen molar-refractivity contribution in [3.8, 4) is 16.9 Å². The summed E-state index contributed by atoms with van der Waals surface area (Å²) in [6.45, 7) is 1.39. The molecule has 0 spiro atoms. The van der Waals surface area contributed by atoms with Crippen LogP contribution >= 0.6 is 0 Å². The second-order valence-electron chi connectivity index (χ2n) is 5.62. The summed E-state index contributed by atoms with van der Waals surface area (Å²) in [6.07, 6.45) is 2.25. The van der Waals surface area contributed by atoms with E-state index in [-0.39, 0.29) is 18.6 Å². The number of hydrogen-bond donors (Lipinski definition) is 1. The maximum absolute atomic E-state index is 11.8. The van der Waals surface area contributed by atoms with Crippen molar-refractivity contribution in [3.05, 3.63) is 54.6 Å². The smallest absolute Gasteiger partial charge is 0.258 e. The molecule has 4 heteroatoms. The molecule has 0 unspecified atom stereocenters. The van der Waals surface area contributed by atoms with E-state index in [1.165, 1.54) is 0 Å². The highest BCUT2D eigenvalue weighted by Crippen LogP contribution is 2.21. The normalized spacial score (nSPS) is 17.0. The maximum atomic E-state index is 11.8. The first kappa shape index (κ1) is 15.6. The Morgan fingerprint density at radius 2 is 1.83 bits per heavy atom. The summed E-state index contributed by atoms with van der Waals surface area (Å²) >= 11 is 0. The van der Waals surface area contributed by atoms with Crippen LogP contribution in [0.3, 0.4) is 0 Å². The quantitative estimate of drug-likeness (QED) is 0.892. The number of carbonyl (C=O) groups is 1. The van der Waals surface area contributed by atoms with Crippen molar-refractivity contribution < 1.29 is 14.3 Å². The molecule has 0 aliphatic carbocycles. The van der Waals surface area contributed by atoms with Crippen LogP contribution in [-0.4, -0.2) is 31.8 Å². The molecule has 1 aliphatic heterocycles. The zero-order valence-corrected chi connectivity index (χ0v) is 13.0. The first-order valence-corrected chi connectivity index (χ1v) is 7.98. The third-order valence-electron chi connectivity index (χ3n) is 3.88. The minimum atomic E-state index is -0.118. The summed E-state index contributed by atoms with van der Waals surface area (Å²) in [5, 5.41) is 2.84. The van der Waals surface area contributed by atoms with Crippen LogP contribution in [0.5, 0.6) is 5.75 Å². The Morgan fingerprint density at radius 1 is 1.09 bits per heavy atom. The highest BCUT2D eigenvalue weighted by atomic mass is 16.5. The molecule has 3 rings (SSSR count). The average Bonchev–Trinajstić information content (AvgIpc) is 3.13. The highest BCUT2D eigenvalue weighted by Gasteiger charge is 2.16. The Balaban J connectivity index is 1.45. The number of carbonyl (C=O) groups excluding carboxylic acids is 1. The van der Waals surface area contributed by atoms with Gasteiger partial charge < -0.3 is 14.8 Å². The fourth-order valence-electron chi connectivity index (χ4n) is 2.61. The van der Waals surface area contributed by atoms with E-state index in [9.17, 15) is 4.79 Å². The zero-order valence-electron chi connectivity index (χ0n) is 13.0. The number of rotatable bonds is 6. The lowest BCUT2D eigenvalue weighted by atomic mass is 10.1. The van der Waals surface area contributed by atoms with Crippen LogP contribution in [-0.2, 0) is 9.53 Å². The number of hydrogen-bond acceptors (Lipinski definition) is 3. The molecule has 1 atom stereocenters. The molecule has 0 bridgehead atoms. The molecule has 1 aliphatic rings. The molecule has 1 fully saturated rings. The molecule has 1 heterocycles. The van der Waals surface area contributed by atoms with Crippen LogP contribution in [0.1, 0.15) is 12.8 Å². The molecule has 1 amide bonds. The Kier molecular flexibility index (Phi) is 5.27. The van der Waals surface area contributed by atoms with Gasteiger partial charge in [0.25, 0.3) is 5.91 Å². The second kappa shape index (κ2) is 7.79. The zero-order chi connectivity index (χ0) is 15.9. The van der Waals surface area contributed by atoms with Crippen molar-refractivity contribution in [1.29, 1.82) is 0 Å². The van der Waals surface area contributed by atoms with Gasteiger partial charge in [-0.25, -0.2) is 0 Å². The third kappa shape index (κ3) is 4.57. The topological polar surface area (TPSA) is 47.6 Å². The third-order valence-corrected chi connectivity index (χ3v) is 3.88. The van der Waals surface area contributed by atoms with E-state index >= 15 is 0 Å². The van der Waals surface area contributed by atoms with Crippen LogP contribution in [0.2, 0.25) is 0 Å². The molecule has 0 saturated carbocycles. The number of amides is 1. The fourth-order valence-corrected chi connectivity index (χ4v) is 2.61. The molecule has 0 radical (unpaired) electrons. The SMILES string of the molecule is O=C(COc1ccc(-c2ccccc2)cc1)NC[C@H]1CCCO1. The number of nitrogens with one attached hydrogen (secondary N) is 1. The van der Waals surface area contributed by atoms with E-state index in [4.69, 9.17) is 9.47 Å². The largest absolute Gasteiger partial charge is 0.484 e. The van der Waals surface area contributed by atoms with Crippen molar-refractivity contribution in [1.82, 2.24) is 5.32 Å². The van der Waals surface area contributed by atoms with Gasteiger partial charge in [-0.2, -0.15) is 0 Å². The average molecular weight is 311 g/mol. The van der Waals surface area contributed by atoms with Crippen molar-refractivity contribution in [2.75, 3.05) is 19.8 Å². The van der Waals surface area contributed by atoms with Gasteiger partial charge in [0.1, 0.15) is 5.75 Å². The van der Waals surface area contributed by atoms with Gasteiger partial charge in [-0.3, -0.25) is 4.79 Å². The Bertz CT molecular complexity index is 619. The minimum Gasteiger partial charge on any atom is -0.484 e. The van der Waals surface area contributed by atoms with Crippen molar-refractivity contribution in [2.45, 2.75) is 18.9 Å². The van der Waals surface area contributed by atoms with Gasteiger partial charge in [0.15, 0.2) is 6.61 Å². The molecular weight excluding hydrogens is 290 g/mol. The molecule has 120 valence electrons. The lowest BCUT2D eigenvalue weighted by molar-refractivity contribution is -0.123. The summed E-state index contributed by atoms with van der Waals surface area (Å²) in [5.41, 5.74) is 2.29. The van der Waals surface area contributed by atoms with Crippen molar-refractivity contribution >= 4 is 5.91 Å². The number of ether oxygens (including phenoxy) is 2. The number of benzene rings is 2. The van der Waals surface area contributed by atoms with Crippen LogP contribution in [0.25, 0.3) is 11.1 Å². The molecule has 1 N–H and O–H groups in total. The van der Waals surface area contributed by atoms with Crippen molar-refractivity contribution in [2.24, 2.45) is 0 Å². The van der Waals surface area contributed by atoms with E-state index in [2.05, 4.69) is 17.4 Å². The highest BCUT2D eigenvalue weighted by molar-refractivity contribution is 5.77. The lowest BCUT2D eigenvalue weighted by Gasteiger charge is -2.11. The van der Waals surface area contributed by atoms with Crippen molar-refractivity contribution in [3.63, 3.8) is 0 Å². The Hall–Kier alpha value is -2.33. The summed E-state index contributed by atoms with van der Waals surface area (Å²) < 4.78 is 11.0. The van der Waals surface area contributed by atoms with Gasteiger partial charge in [-0.15, -0.1) is 0 Å². The van der Waals surface area contributed by atoms with E-state index < -0.39 is 0 Å². The molecule has 23 heavy (non-hydrogen) atoms. The standard InChI is InChI=1S/C19H21NO3/c21-19(20-13-18-7-4-12-22-18)14-23-17-10-8-16(9-11-17)15-5-2-1-3-6-15/h1-3,5-6,8-11,18H,4,7,12-14H2,(H,20,21)/t18-/m1/s1. The van der Waals surface area contributed by atoms with Gasteiger partial charge in [-0.05, 0) is 36.1 Å². The molecule has 4 nitrogen and oxygen atoms in total. The summed E-state index contributed by atoms with van der Waals surface area (Å²) in [4.78, 5) is 11.8. The van der Waals surface area contributed by atoms with Crippen LogP contribution in [0.15, 0.2) is 54.6 Å². The van der Waals surface area contributed by atoms with E-state index in [1.807, 2.05) is 42.5 Å². The summed E-state index contributed by atoms with van der Waals surface area (Å²) in [6, 6.07) is 17.9. The molecule has 2 aromatic rings. The van der Waals surface area contributed by atoms with Gasteiger partial charge >= 0.3 is 0 Å². The van der Waals surface area contributed by atoms with Crippen LogP contribution in [0.4, 0.5) is 0 Å². The van der Waals surface area contributed by atoms with Gasteiger partial charge in [-0.1, -0.05) is 42.5 Å². The predicted molar refractivity (Wildman–Crippen MR) is 89.4 cm³/mol. The Morgan fingerprint density at radius 3 is 2.52 bits per heavy atom. The van der Waals surface area contributed by atoms with Gasteiger partial charge in [0.05, 0.1) is 6.10 Å². The van der Waals surface area contributed by atoms with Gasteiger partial charge in [0.2, 0.25) is 0 Å². The van der Waals surface area contributed by atoms with Crippen LogP contribution in [0, 0.1) is 0 Å². The van der Waals surface area contributed by atoms with Crippen LogP contribution < -0.4 is 10.1 Å². The second-order valence-corrected chi connectivity index (χ2v) is 5.62. The molecule has 2 aromatic carbocycles. The maximum Gasteiger partial charge on any atom is 0.258 e. The first-order chi connectivity index (χ1) is 11.3. The predicted octanol–water partition coefficient (Wildman–Crippen LogP) is 3.03. The van der Waals surface area contributed by atoms with E-state index in [0.717, 1.165) is 30.6 Å². The molecular formula is C19H21NO3. The monoisotopic (exact) mass is 311 g/mol. The first-order valence-electron chi connectivity index (χ1n) is 7.98. The van der Waals surface area contributed by atoms with Gasteiger partial charge in [0, 0.05) is 13.2 Å². The fraction of sp³-hybridized carbons (Fsp3) is 0.316. The summed E-state index contributed by atoms with van der Waals surface area (Å²) in [7, 11) is 0. The Labute approximate surface area is 136 Å². The van der Waals surface area contributed by atoms with E-state index in [0.29, 0.717) is 12.3 Å².